The summed E-state index contributed by atoms with van der Waals surface area (Å²) in [4.78, 5) is 23.9. The Morgan fingerprint density at radius 1 is 1.07 bits per heavy atom. The van der Waals surface area contributed by atoms with Gasteiger partial charge in [0.1, 0.15) is 6.61 Å². The highest BCUT2D eigenvalue weighted by Gasteiger charge is 2.29. The molecule has 0 aliphatic heterocycles. The summed E-state index contributed by atoms with van der Waals surface area (Å²) in [5.74, 6) is 1.28. The summed E-state index contributed by atoms with van der Waals surface area (Å²) in [7, 11) is 0. The second-order valence-corrected chi connectivity index (χ2v) is 7.10. The number of carbonyl (C=O) groups excluding carboxylic acids is 1. The Labute approximate surface area is 174 Å². The summed E-state index contributed by atoms with van der Waals surface area (Å²) in [6.45, 7) is 1.80. The van der Waals surface area contributed by atoms with Gasteiger partial charge in [0.05, 0.1) is 5.56 Å². The average Bonchev–Trinajstić information content (AvgIpc) is 3.07. The average molecular weight is 397 g/mol. The first kappa shape index (κ1) is 19.3. The Morgan fingerprint density at radius 3 is 2.23 bits per heavy atom. The third kappa shape index (κ3) is 3.40. The minimum atomic E-state index is -1.11. The fraction of sp³-hybridized carbons (Fsp3) is 0.120. The van der Waals surface area contributed by atoms with Crippen molar-refractivity contribution in [3.8, 4) is 23.5 Å². The van der Waals surface area contributed by atoms with Crippen LogP contribution in [0.15, 0.2) is 60.7 Å². The van der Waals surface area contributed by atoms with Crippen molar-refractivity contribution in [1.29, 1.82) is 0 Å². The van der Waals surface area contributed by atoms with E-state index in [4.69, 9.17) is 11.2 Å². The minimum Gasteiger partial charge on any atom is -0.478 e. The van der Waals surface area contributed by atoms with Gasteiger partial charge >= 0.3 is 12.1 Å². The Hall–Kier alpha value is -4.04. The number of benzene rings is 3. The molecule has 0 bridgehead atoms. The molecule has 5 nitrogen and oxygen atoms in total. The zero-order chi connectivity index (χ0) is 21.3. The van der Waals surface area contributed by atoms with Gasteiger partial charge in [-0.05, 0) is 46.9 Å². The van der Waals surface area contributed by atoms with Crippen LogP contribution in [0.5, 0.6) is 0 Å². The van der Waals surface area contributed by atoms with Gasteiger partial charge in [0, 0.05) is 17.2 Å². The van der Waals surface area contributed by atoms with E-state index < -0.39 is 12.1 Å². The maximum atomic E-state index is 12.4. The molecule has 0 fully saturated rings. The van der Waals surface area contributed by atoms with Crippen molar-refractivity contribution < 1.29 is 19.4 Å². The van der Waals surface area contributed by atoms with Gasteiger partial charge in [-0.25, -0.2) is 9.59 Å². The molecular formula is C25H19NO4. The smallest absolute Gasteiger partial charge is 0.411 e. The Morgan fingerprint density at radius 2 is 1.67 bits per heavy atom. The lowest BCUT2D eigenvalue weighted by molar-refractivity contribution is 0.0696. The van der Waals surface area contributed by atoms with Crippen LogP contribution in [0.3, 0.4) is 0 Å². The number of amides is 1. The molecule has 0 unspecified atom stereocenters. The number of carbonyl (C=O) groups is 2. The number of fused-ring (bicyclic) bond motifs is 3. The summed E-state index contributed by atoms with van der Waals surface area (Å²) in [5, 5.41) is 12.0. The molecule has 0 heterocycles. The Bertz CT molecular complexity index is 1160. The van der Waals surface area contributed by atoms with Crippen LogP contribution in [0.25, 0.3) is 11.1 Å². The van der Waals surface area contributed by atoms with Crippen LogP contribution in [-0.4, -0.2) is 23.8 Å². The zero-order valence-corrected chi connectivity index (χ0v) is 16.3. The molecule has 0 aromatic heterocycles. The van der Waals surface area contributed by atoms with E-state index in [1.807, 2.05) is 36.4 Å². The van der Waals surface area contributed by atoms with E-state index in [1.165, 1.54) is 6.07 Å². The summed E-state index contributed by atoms with van der Waals surface area (Å²) >= 11 is 0. The number of hydrogen-bond donors (Lipinski definition) is 2. The van der Waals surface area contributed by atoms with Gasteiger partial charge in [0.15, 0.2) is 0 Å². The van der Waals surface area contributed by atoms with Gasteiger partial charge in [-0.2, -0.15) is 0 Å². The molecule has 30 heavy (non-hydrogen) atoms. The number of terminal acetylenes is 1. The zero-order valence-electron chi connectivity index (χ0n) is 16.3. The molecule has 2 N–H and O–H groups in total. The van der Waals surface area contributed by atoms with E-state index in [0.29, 0.717) is 11.1 Å². The van der Waals surface area contributed by atoms with Crippen molar-refractivity contribution in [2.24, 2.45) is 0 Å². The molecule has 0 radical (unpaired) electrons. The van der Waals surface area contributed by atoms with Gasteiger partial charge in [0.25, 0.3) is 0 Å². The fourth-order valence-electron chi connectivity index (χ4n) is 3.91. The number of aromatic carboxylic acids is 1. The monoisotopic (exact) mass is 397 g/mol. The van der Waals surface area contributed by atoms with Crippen LogP contribution in [-0.2, 0) is 4.74 Å². The molecule has 3 aromatic carbocycles. The molecule has 1 amide bonds. The second-order valence-electron chi connectivity index (χ2n) is 7.10. The van der Waals surface area contributed by atoms with Crippen LogP contribution in [0.2, 0.25) is 0 Å². The SMILES string of the molecule is C#Cc1cc(NC(=O)OCC2c3ccccc3-c3ccccc32)cc(C(=O)O)c1C. The van der Waals surface area contributed by atoms with E-state index in [1.54, 1.807) is 13.0 Å². The lowest BCUT2D eigenvalue weighted by atomic mass is 9.98. The summed E-state index contributed by atoms with van der Waals surface area (Å²) in [6, 6.07) is 19.1. The first-order chi connectivity index (χ1) is 14.5. The van der Waals surface area contributed by atoms with Crippen molar-refractivity contribution in [1.82, 2.24) is 0 Å². The second kappa shape index (κ2) is 7.76. The Kier molecular flexibility index (Phi) is 4.99. The van der Waals surface area contributed by atoms with E-state index in [-0.39, 0.29) is 23.8 Å². The first-order valence-corrected chi connectivity index (χ1v) is 9.46. The van der Waals surface area contributed by atoms with Crippen LogP contribution in [0.4, 0.5) is 10.5 Å². The molecule has 1 aliphatic rings. The first-order valence-electron chi connectivity index (χ1n) is 9.46. The molecular weight excluding hydrogens is 378 g/mol. The highest BCUT2D eigenvalue weighted by molar-refractivity contribution is 5.94. The van der Waals surface area contributed by atoms with E-state index in [9.17, 15) is 14.7 Å². The molecule has 0 spiro atoms. The summed E-state index contributed by atoms with van der Waals surface area (Å²) in [5.41, 5.74) is 5.72. The van der Waals surface area contributed by atoms with Crippen LogP contribution < -0.4 is 5.32 Å². The van der Waals surface area contributed by atoms with Gasteiger partial charge < -0.3 is 9.84 Å². The van der Waals surface area contributed by atoms with Crippen LogP contribution >= 0.6 is 0 Å². The van der Waals surface area contributed by atoms with Gasteiger partial charge in [0.2, 0.25) is 0 Å². The quantitative estimate of drug-likeness (QED) is 0.605. The largest absolute Gasteiger partial charge is 0.478 e. The minimum absolute atomic E-state index is 0.0411. The normalized spacial score (nSPS) is 11.9. The molecule has 5 heteroatoms. The predicted octanol–water partition coefficient (Wildman–Crippen LogP) is 5.04. The third-order valence-corrected chi connectivity index (χ3v) is 5.38. The number of nitrogens with one attached hydrogen (secondary N) is 1. The number of rotatable bonds is 4. The lowest BCUT2D eigenvalue weighted by Gasteiger charge is -2.15. The molecule has 0 atom stereocenters. The van der Waals surface area contributed by atoms with E-state index in [2.05, 4.69) is 23.4 Å². The van der Waals surface area contributed by atoms with Crippen molar-refractivity contribution in [3.63, 3.8) is 0 Å². The number of carboxylic acids is 1. The number of hydrogen-bond acceptors (Lipinski definition) is 3. The fourth-order valence-corrected chi connectivity index (χ4v) is 3.91. The van der Waals surface area contributed by atoms with Crippen LogP contribution in [0, 0.1) is 19.3 Å². The standard InChI is InChI=1S/C25H19NO4/c1-3-16-12-17(13-22(15(16)2)24(27)28)26-25(29)30-14-23-20-10-6-4-8-18(20)19-9-5-7-11-21(19)23/h1,4-13,23H,14H2,2H3,(H,26,29)(H,27,28). The number of ether oxygens (including phenoxy) is 1. The highest BCUT2D eigenvalue weighted by atomic mass is 16.5. The van der Waals surface area contributed by atoms with Crippen LogP contribution in [0.1, 0.15) is 38.5 Å². The van der Waals surface area contributed by atoms with Crippen molar-refractivity contribution in [2.75, 3.05) is 11.9 Å². The molecule has 148 valence electrons. The molecule has 4 rings (SSSR count). The van der Waals surface area contributed by atoms with E-state index in [0.717, 1.165) is 22.3 Å². The number of anilines is 1. The highest BCUT2D eigenvalue weighted by Crippen LogP contribution is 2.44. The molecule has 0 saturated carbocycles. The summed E-state index contributed by atoms with van der Waals surface area (Å²) in [6.07, 6.45) is 4.80. The molecule has 0 saturated heterocycles. The topological polar surface area (TPSA) is 75.6 Å². The van der Waals surface area contributed by atoms with Crippen molar-refractivity contribution in [3.05, 3.63) is 88.5 Å². The van der Waals surface area contributed by atoms with Crippen molar-refractivity contribution >= 4 is 17.7 Å². The number of carboxylic acid groups (broad SMARTS) is 1. The van der Waals surface area contributed by atoms with Crippen molar-refractivity contribution in [2.45, 2.75) is 12.8 Å². The Balaban J connectivity index is 1.52. The summed E-state index contributed by atoms with van der Waals surface area (Å²) < 4.78 is 5.50. The van der Waals surface area contributed by atoms with Gasteiger partial charge in [-0.15, -0.1) is 6.42 Å². The molecule has 3 aromatic rings. The van der Waals surface area contributed by atoms with Gasteiger partial charge in [-0.1, -0.05) is 54.5 Å². The maximum absolute atomic E-state index is 12.4. The predicted molar refractivity (Wildman–Crippen MR) is 115 cm³/mol. The molecule has 1 aliphatic carbocycles. The maximum Gasteiger partial charge on any atom is 0.411 e. The van der Waals surface area contributed by atoms with Gasteiger partial charge in [-0.3, -0.25) is 5.32 Å². The third-order valence-electron chi connectivity index (χ3n) is 5.38. The van der Waals surface area contributed by atoms with E-state index >= 15 is 0 Å². The lowest BCUT2D eigenvalue weighted by Crippen LogP contribution is -2.18.